The van der Waals surface area contributed by atoms with Gasteiger partial charge in [-0.2, -0.15) is 0 Å². The van der Waals surface area contributed by atoms with Crippen molar-refractivity contribution in [3.8, 4) is 11.3 Å². The zero-order valence-corrected chi connectivity index (χ0v) is 13.1. The van der Waals surface area contributed by atoms with Crippen molar-refractivity contribution in [1.82, 2.24) is 10.1 Å². The first-order valence-electron chi connectivity index (χ1n) is 7.73. The summed E-state index contributed by atoms with van der Waals surface area (Å²) in [4.78, 5) is 16.5. The Morgan fingerprint density at radius 2 is 1.76 bits per heavy atom. The number of amides is 2. The Bertz CT molecular complexity index is 1020. The lowest BCUT2D eigenvalue weighted by Crippen LogP contribution is -2.19. The lowest BCUT2D eigenvalue weighted by Gasteiger charge is -2.07. The Morgan fingerprint density at radius 3 is 2.64 bits per heavy atom. The summed E-state index contributed by atoms with van der Waals surface area (Å²) in [5.74, 6) is 0.923. The fourth-order valence-corrected chi connectivity index (χ4v) is 2.55. The molecule has 2 N–H and O–H groups in total. The van der Waals surface area contributed by atoms with E-state index in [1.54, 1.807) is 18.3 Å². The zero-order valence-electron chi connectivity index (χ0n) is 13.1. The van der Waals surface area contributed by atoms with Gasteiger partial charge in [-0.05, 0) is 12.1 Å². The first kappa shape index (κ1) is 14.9. The number of hydrogen-bond donors (Lipinski definition) is 2. The molecule has 6 nitrogen and oxygen atoms in total. The van der Waals surface area contributed by atoms with Gasteiger partial charge in [-0.25, -0.2) is 4.79 Å². The summed E-state index contributed by atoms with van der Waals surface area (Å²) in [5, 5.41) is 10.3. The Kier molecular flexibility index (Phi) is 3.84. The Labute approximate surface area is 143 Å². The molecule has 2 heterocycles. The lowest BCUT2D eigenvalue weighted by molar-refractivity contribution is 0.262. The Balaban J connectivity index is 1.50. The first-order valence-corrected chi connectivity index (χ1v) is 7.73. The zero-order chi connectivity index (χ0) is 17.1. The van der Waals surface area contributed by atoms with E-state index in [1.807, 2.05) is 54.6 Å². The minimum atomic E-state index is -0.411. The van der Waals surface area contributed by atoms with E-state index in [9.17, 15) is 4.79 Å². The summed E-state index contributed by atoms with van der Waals surface area (Å²) < 4.78 is 5.27. The number of nitrogens with one attached hydrogen (secondary N) is 2. The molecule has 0 bridgehead atoms. The summed E-state index contributed by atoms with van der Waals surface area (Å²) in [7, 11) is 0. The highest BCUT2D eigenvalue weighted by atomic mass is 16.5. The maximum Gasteiger partial charge on any atom is 0.325 e. The van der Waals surface area contributed by atoms with E-state index in [2.05, 4.69) is 20.8 Å². The van der Waals surface area contributed by atoms with Crippen molar-refractivity contribution < 1.29 is 9.32 Å². The second kappa shape index (κ2) is 6.45. The van der Waals surface area contributed by atoms with Crippen LogP contribution in [0.1, 0.15) is 0 Å². The fourth-order valence-electron chi connectivity index (χ4n) is 2.55. The van der Waals surface area contributed by atoms with Crippen LogP contribution in [0.3, 0.4) is 0 Å². The fraction of sp³-hybridized carbons (Fsp3) is 0. The van der Waals surface area contributed by atoms with Gasteiger partial charge in [0.2, 0.25) is 0 Å². The van der Waals surface area contributed by atoms with Crippen LogP contribution in [0, 0.1) is 0 Å². The number of benzene rings is 2. The average molecular weight is 330 g/mol. The summed E-state index contributed by atoms with van der Waals surface area (Å²) >= 11 is 0. The van der Waals surface area contributed by atoms with Gasteiger partial charge < -0.3 is 9.84 Å². The van der Waals surface area contributed by atoms with Crippen molar-refractivity contribution in [3.63, 3.8) is 0 Å². The number of para-hydroxylation sites is 1. The first-order chi connectivity index (χ1) is 12.3. The Hall–Kier alpha value is -3.67. The van der Waals surface area contributed by atoms with E-state index < -0.39 is 6.03 Å². The average Bonchev–Trinajstić information content (AvgIpc) is 3.11. The summed E-state index contributed by atoms with van der Waals surface area (Å²) in [6.45, 7) is 0. The van der Waals surface area contributed by atoms with Gasteiger partial charge in [0, 0.05) is 23.2 Å². The minimum absolute atomic E-state index is 0.338. The number of nitrogens with zero attached hydrogens (tertiary/aromatic N) is 2. The van der Waals surface area contributed by atoms with Gasteiger partial charge in [-0.3, -0.25) is 10.3 Å². The van der Waals surface area contributed by atoms with E-state index in [1.165, 1.54) is 0 Å². The van der Waals surface area contributed by atoms with E-state index >= 15 is 0 Å². The topological polar surface area (TPSA) is 80.0 Å². The molecule has 4 rings (SSSR count). The summed E-state index contributed by atoms with van der Waals surface area (Å²) in [6.07, 6.45) is 1.69. The molecular formula is C19H14N4O2. The van der Waals surface area contributed by atoms with Crippen molar-refractivity contribution in [2.75, 3.05) is 10.6 Å². The van der Waals surface area contributed by atoms with Gasteiger partial charge in [-0.1, -0.05) is 53.7 Å². The molecular weight excluding hydrogens is 316 g/mol. The molecule has 0 saturated heterocycles. The van der Waals surface area contributed by atoms with Gasteiger partial charge in [0.15, 0.2) is 11.6 Å². The van der Waals surface area contributed by atoms with Crippen LogP contribution in [-0.2, 0) is 0 Å². The molecule has 0 fully saturated rings. The van der Waals surface area contributed by atoms with E-state index in [4.69, 9.17) is 4.52 Å². The molecule has 0 unspecified atom stereocenters. The Morgan fingerprint density at radius 1 is 0.920 bits per heavy atom. The molecule has 25 heavy (non-hydrogen) atoms. The van der Waals surface area contributed by atoms with E-state index in [0.717, 1.165) is 16.5 Å². The van der Waals surface area contributed by atoms with Gasteiger partial charge in [-0.15, -0.1) is 0 Å². The standard InChI is InChI=1S/C19H14N4O2/c24-19(21-15-10-4-8-14-9-5-11-20-18(14)15)22-17-12-16(25-23-17)13-6-2-1-3-7-13/h1-12H,(H2,21,22,23,24). The van der Waals surface area contributed by atoms with Crippen LogP contribution in [0.5, 0.6) is 0 Å². The van der Waals surface area contributed by atoms with Crippen LogP contribution in [0.2, 0.25) is 0 Å². The maximum atomic E-state index is 12.2. The molecule has 0 aliphatic rings. The molecule has 0 atom stereocenters. The van der Waals surface area contributed by atoms with Crippen LogP contribution < -0.4 is 10.6 Å². The number of urea groups is 1. The number of rotatable bonds is 3. The van der Waals surface area contributed by atoms with Crippen molar-refractivity contribution in [1.29, 1.82) is 0 Å². The van der Waals surface area contributed by atoms with Crippen molar-refractivity contribution >= 4 is 28.4 Å². The number of fused-ring (bicyclic) bond motifs is 1. The third kappa shape index (κ3) is 3.18. The van der Waals surface area contributed by atoms with Gasteiger partial charge in [0.05, 0.1) is 11.2 Å². The number of pyridine rings is 1. The summed E-state index contributed by atoms with van der Waals surface area (Å²) in [6, 6.07) is 20.2. The maximum absolute atomic E-state index is 12.2. The molecule has 0 spiro atoms. The smallest absolute Gasteiger partial charge is 0.325 e. The third-order valence-corrected chi connectivity index (χ3v) is 3.69. The van der Waals surface area contributed by atoms with Crippen molar-refractivity contribution in [2.45, 2.75) is 0 Å². The highest BCUT2D eigenvalue weighted by Gasteiger charge is 2.11. The molecule has 2 aromatic carbocycles. The van der Waals surface area contributed by atoms with E-state index in [0.29, 0.717) is 17.3 Å². The third-order valence-electron chi connectivity index (χ3n) is 3.69. The second-order valence-electron chi connectivity index (χ2n) is 5.40. The lowest BCUT2D eigenvalue weighted by atomic mass is 10.2. The molecule has 0 aliphatic heterocycles. The molecule has 2 aromatic heterocycles. The van der Waals surface area contributed by atoms with Crippen molar-refractivity contribution in [3.05, 3.63) is 72.9 Å². The molecule has 0 radical (unpaired) electrons. The number of anilines is 2. The van der Waals surface area contributed by atoms with Crippen LogP contribution in [0.4, 0.5) is 16.3 Å². The highest BCUT2D eigenvalue weighted by molar-refractivity contribution is 6.04. The van der Waals surface area contributed by atoms with Gasteiger partial charge in [0.25, 0.3) is 0 Å². The SMILES string of the molecule is O=C(Nc1cc(-c2ccccc2)on1)Nc1cccc2cccnc12. The number of carbonyl (C=O) groups excluding carboxylic acids is 1. The molecule has 4 aromatic rings. The van der Waals surface area contributed by atoms with Gasteiger partial charge >= 0.3 is 6.03 Å². The highest BCUT2D eigenvalue weighted by Crippen LogP contribution is 2.23. The quantitative estimate of drug-likeness (QED) is 0.578. The molecule has 0 aliphatic carbocycles. The van der Waals surface area contributed by atoms with E-state index in [-0.39, 0.29) is 0 Å². The molecule has 6 heteroatoms. The number of aromatic nitrogens is 2. The number of carbonyl (C=O) groups is 1. The minimum Gasteiger partial charge on any atom is -0.354 e. The van der Waals surface area contributed by atoms with Crippen LogP contribution in [-0.4, -0.2) is 16.2 Å². The van der Waals surface area contributed by atoms with Crippen LogP contribution in [0.15, 0.2) is 77.4 Å². The predicted octanol–water partition coefficient (Wildman–Crippen LogP) is 4.53. The monoisotopic (exact) mass is 330 g/mol. The van der Waals surface area contributed by atoms with Gasteiger partial charge in [0.1, 0.15) is 0 Å². The van der Waals surface area contributed by atoms with Crippen LogP contribution >= 0.6 is 0 Å². The largest absolute Gasteiger partial charge is 0.354 e. The molecule has 122 valence electrons. The van der Waals surface area contributed by atoms with Crippen molar-refractivity contribution in [2.24, 2.45) is 0 Å². The molecule has 0 saturated carbocycles. The molecule has 2 amide bonds. The normalized spacial score (nSPS) is 10.6. The predicted molar refractivity (Wildman–Crippen MR) is 96.3 cm³/mol. The number of hydrogen-bond acceptors (Lipinski definition) is 4. The van der Waals surface area contributed by atoms with Crippen LogP contribution in [0.25, 0.3) is 22.2 Å². The summed E-state index contributed by atoms with van der Waals surface area (Å²) in [5.41, 5.74) is 2.24. The second-order valence-corrected chi connectivity index (χ2v) is 5.40.